The fourth-order valence-corrected chi connectivity index (χ4v) is 4.17. The van der Waals surface area contributed by atoms with Crippen LogP contribution in [-0.2, 0) is 6.54 Å². The summed E-state index contributed by atoms with van der Waals surface area (Å²) in [5, 5.41) is 13.9. The second kappa shape index (κ2) is 6.53. The molecule has 6 heteroatoms. The largest absolute Gasteiger partial charge is 0.465 e. The first-order chi connectivity index (χ1) is 11.7. The van der Waals surface area contributed by atoms with Crippen LogP contribution in [0.1, 0.15) is 24.4 Å². The molecule has 4 rings (SSSR count). The third-order valence-electron chi connectivity index (χ3n) is 5.29. The Labute approximate surface area is 141 Å². The van der Waals surface area contributed by atoms with E-state index in [2.05, 4.69) is 26.3 Å². The number of furan rings is 1. The zero-order chi connectivity index (χ0) is 16.5. The first kappa shape index (κ1) is 15.6. The van der Waals surface area contributed by atoms with Crippen molar-refractivity contribution >= 4 is 5.82 Å². The lowest BCUT2D eigenvalue weighted by Gasteiger charge is -2.35. The number of fused-ring (bicyclic) bond motifs is 1. The second-order valence-electron chi connectivity index (χ2n) is 7.11. The first-order valence-electron chi connectivity index (χ1n) is 8.65. The third-order valence-corrected chi connectivity index (χ3v) is 5.29. The number of nitrogens with one attached hydrogen (secondary N) is 1. The van der Waals surface area contributed by atoms with Gasteiger partial charge in [-0.05, 0) is 43.7 Å². The summed E-state index contributed by atoms with van der Waals surface area (Å²) in [5.74, 6) is 3.90. The van der Waals surface area contributed by atoms with Gasteiger partial charge >= 0.3 is 0 Å². The van der Waals surface area contributed by atoms with Crippen LogP contribution >= 0.6 is 0 Å². The van der Waals surface area contributed by atoms with Crippen LogP contribution in [0.2, 0.25) is 0 Å². The maximum atomic E-state index is 10.5. The van der Waals surface area contributed by atoms with E-state index in [4.69, 9.17) is 4.42 Å². The number of hydrogen-bond donors (Lipinski definition) is 2. The molecule has 0 radical (unpaired) electrons. The van der Waals surface area contributed by atoms with Gasteiger partial charge in [0.05, 0.1) is 24.9 Å². The fourth-order valence-electron chi connectivity index (χ4n) is 4.17. The predicted molar refractivity (Wildman–Crippen MR) is 90.4 cm³/mol. The van der Waals surface area contributed by atoms with Crippen molar-refractivity contribution in [1.82, 2.24) is 14.9 Å². The Morgan fingerprint density at radius 3 is 2.79 bits per heavy atom. The molecular weight excluding hydrogens is 304 g/mol. The molecule has 2 aliphatic rings. The van der Waals surface area contributed by atoms with Gasteiger partial charge in [0.25, 0.3) is 0 Å². The van der Waals surface area contributed by atoms with Crippen molar-refractivity contribution in [2.45, 2.75) is 38.5 Å². The number of nitrogens with zero attached hydrogens (tertiary/aromatic N) is 3. The molecule has 128 valence electrons. The van der Waals surface area contributed by atoms with Crippen molar-refractivity contribution in [2.75, 3.05) is 18.4 Å². The highest BCUT2D eigenvalue weighted by atomic mass is 16.3. The van der Waals surface area contributed by atoms with Gasteiger partial charge in [-0.1, -0.05) is 0 Å². The van der Waals surface area contributed by atoms with Crippen LogP contribution < -0.4 is 5.32 Å². The van der Waals surface area contributed by atoms with E-state index in [1.54, 1.807) is 18.6 Å². The summed E-state index contributed by atoms with van der Waals surface area (Å²) in [6.07, 6.45) is 6.51. The molecule has 0 amide bonds. The van der Waals surface area contributed by atoms with Crippen molar-refractivity contribution in [3.63, 3.8) is 0 Å². The molecule has 2 fully saturated rings. The van der Waals surface area contributed by atoms with Gasteiger partial charge in [0, 0.05) is 25.5 Å². The fraction of sp³-hybridized carbons (Fsp3) is 0.556. The molecule has 1 aliphatic heterocycles. The lowest BCUT2D eigenvalue weighted by molar-refractivity contribution is 0.0735. The minimum Gasteiger partial charge on any atom is -0.465 e. The molecule has 1 saturated carbocycles. The zero-order valence-corrected chi connectivity index (χ0v) is 13.9. The van der Waals surface area contributed by atoms with Crippen LogP contribution in [0, 0.1) is 18.8 Å². The minimum atomic E-state index is -0.334. The van der Waals surface area contributed by atoms with Crippen LogP contribution in [0.3, 0.4) is 0 Å². The van der Waals surface area contributed by atoms with E-state index < -0.39 is 0 Å². The highest BCUT2D eigenvalue weighted by Crippen LogP contribution is 2.37. The summed E-state index contributed by atoms with van der Waals surface area (Å²) in [7, 11) is 0. The average molecular weight is 328 g/mol. The van der Waals surface area contributed by atoms with E-state index in [-0.39, 0.29) is 12.1 Å². The number of likely N-dealkylation sites (tertiary alicyclic amines) is 1. The van der Waals surface area contributed by atoms with Crippen molar-refractivity contribution < 1.29 is 9.52 Å². The molecular formula is C18H24N4O2. The number of anilines is 1. The average Bonchev–Trinajstić information content (AvgIpc) is 3.14. The maximum absolute atomic E-state index is 10.5. The molecule has 2 aromatic heterocycles. The maximum Gasteiger partial charge on any atom is 0.144 e. The molecule has 0 spiro atoms. The number of rotatable bonds is 4. The van der Waals surface area contributed by atoms with E-state index in [1.807, 2.05) is 13.0 Å². The van der Waals surface area contributed by atoms with Crippen LogP contribution in [0.5, 0.6) is 0 Å². The van der Waals surface area contributed by atoms with Gasteiger partial charge < -0.3 is 14.8 Å². The van der Waals surface area contributed by atoms with Gasteiger partial charge in [0.2, 0.25) is 0 Å². The van der Waals surface area contributed by atoms with Gasteiger partial charge in [0.15, 0.2) is 0 Å². The number of hydrogen-bond acceptors (Lipinski definition) is 6. The van der Waals surface area contributed by atoms with Crippen molar-refractivity contribution in [1.29, 1.82) is 0 Å². The van der Waals surface area contributed by atoms with Gasteiger partial charge in [-0.25, -0.2) is 4.98 Å². The molecule has 4 atom stereocenters. The highest BCUT2D eigenvalue weighted by molar-refractivity contribution is 5.32. The van der Waals surface area contributed by atoms with Crippen molar-refractivity contribution in [3.05, 3.63) is 42.2 Å². The minimum absolute atomic E-state index is 0.0498. The van der Waals surface area contributed by atoms with Crippen LogP contribution in [0.25, 0.3) is 0 Å². The van der Waals surface area contributed by atoms with Crippen molar-refractivity contribution in [2.24, 2.45) is 11.8 Å². The molecule has 0 aromatic carbocycles. The summed E-state index contributed by atoms with van der Waals surface area (Å²) in [6, 6.07) is 4.13. The van der Waals surface area contributed by atoms with Crippen molar-refractivity contribution in [3.8, 4) is 0 Å². The van der Waals surface area contributed by atoms with Gasteiger partial charge in [-0.15, -0.1) is 0 Å². The molecule has 2 N–H and O–H groups in total. The van der Waals surface area contributed by atoms with Crippen LogP contribution in [-0.4, -0.2) is 45.2 Å². The van der Waals surface area contributed by atoms with E-state index in [9.17, 15) is 5.11 Å². The summed E-state index contributed by atoms with van der Waals surface area (Å²) in [5.41, 5.74) is 0. The summed E-state index contributed by atoms with van der Waals surface area (Å²) >= 11 is 0. The highest BCUT2D eigenvalue weighted by Gasteiger charge is 2.41. The predicted octanol–water partition coefficient (Wildman–Crippen LogP) is 2.06. The summed E-state index contributed by atoms with van der Waals surface area (Å²) < 4.78 is 5.70. The lowest BCUT2D eigenvalue weighted by Crippen LogP contribution is -2.43. The molecule has 24 heavy (non-hydrogen) atoms. The van der Waals surface area contributed by atoms with E-state index in [0.717, 1.165) is 49.8 Å². The molecule has 1 aliphatic carbocycles. The standard InChI is InChI=1S/C18H24N4O2/c1-12-2-3-15(24-12)11-22-9-13-6-16(17(23)7-14(13)10-22)21-18-8-19-4-5-20-18/h2-5,8,13-14,16-17,23H,6-7,9-11H2,1H3,(H,20,21)/t13-,14+,16-,17-/m1/s1. The number of aromatic nitrogens is 2. The Morgan fingerprint density at radius 2 is 2.08 bits per heavy atom. The first-order valence-corrected chi connectivity index (χ1v) is 8.65. The summed E-state index contributed by atoms with van der Waals surface area (Å²) in [6.45, 7) is 4.95. The van der Waals surface area contributed by atoms with Gasteiger partial charge in [-0.2, -0.15) is 0 Å². The Hall–Kier alpha value is -1.92. The summed E-state index contributed by atoms with van der Waals surface area (Å²) in [4.78, 5) is 10.8. The smallest absolute Gasteiger partial charge is 0.144 e. The third kappa shape index (κ3) is 3.30. The molecule has 1 saturated heterocycles. The number of aliphatic hydroxyl groups excluding tert-OH is 1. The quantitative estimate of drug-likeness (QED) is 0.895. The molecule has 6 nitrogen and oxygen atoms in total. The van der Waals surface area contributed by atoms with E-state index in [1.165, 1.54) is 0 Å². The number of aliphatic hydroxyl groups is 1. The zero-order valence-electron chi connectivity index (χ0n) is 13.9. The Morgan fingerprint density at radius 1 is 1.25 bits per heavy atom. The topological polar surface area (TPSA) is 74.4 Å². The van der Waals surface area contributed by atoms with E-state index >= 15 is 0 Å². The molecule has 0 bridgehead atoms. The van der Waals surface area contributed by atoms with E-state index in [0.29, 0.717) is 11.8 Å². The Bertz CT molecular complexity index is 675. The Balaban J connectivity index is 1.37. The lowest BCUT2D eigenvalue weighted by atomic mass is 9.77. The molecule has 0 unspecified atom stereocenters. The SMILES string of the molecule is Cc1ccc(CN2C[C@H]3C[C@@H](Nc4cnccn4)[C@H](O)C[C@H]3C2)o1. The van der Waals surface area contributed by atoms with Gasteiger partial charge in [0.1, 0.15) is 17.3 Å². The monoisotopic (exact) mass is 328 g/mol. The molecule has 3 heterocycles. The normalized spacial score (nSPS) is 30.2. The van der Waals surface area contributed by atoms with Crippen LogP contribution in [0.15, 0.2) is 35.1 Å². The second-order valence-corrected chi connectivity index (χ2v) is 7.11. The Kier molecular flexibility index (Phi) is 4.24. The molecule has 2 aromatic rings. The number of aryl methyl sites for hydroxylation is 1. The van der Waals surface area contributed by atoms with Crippen LogP contribution in [0.4, 0.5) is 5.82 Å². The van der Waals surface area contributed by atoms with Gasteiger partial charge in [-0.3, -0.25) is 9.88 Å².